The summed E-state index contributed by atoms with van der Waals surface area (Å²) in [4.78, 5) is 19.6. The number of piperazine rings is 1. The Morgan fingerprint density at radius 2 is 2.03 bits per heavy atom. The molecule has 0 saturated carbocycles. The fourth-order valence-corrected chi connectivity index (χ4v) is 4.27. The van der Waals surface area contributed by atoms with E-state index in [4.69, 9.17) is 4.74 Å². The average molecular weight is 460 g/mol. The minimum Gasteiger partial charge on any atom is -0.372 e. The topological polar surface area (TPSA) is 54.5 Å². The van der Waals surface area contributed by atoms with Crippen LogP contribution in [0.25, 0.3) is 0 Å². The summed E-state index contributed by atoms with van der Waals surface area (Å²) in [6.45, 7) is 9.15. The van der Waals surface area contributed by atoms with Crippen molar-refractivity contribution in [1.29, 1.82) is 0 Å². The summed E-state index contributed by atoms with van der Waals surface area (Å²) in [6.07, 6.45) is 1.35. The molecule has 1 saturated heterocycles. The van der Waals surface area contributed by atoms with E-state index in [0.717, 1.165) is 36.8 Å². The van der Waals surface area contributed by atoms with Gasteiger partial charge in [0.25, 0.3) is 0 Å². The molecule has 1 aromatic heterocycles. The van der Waals surface area contributed by atoms with Crippen molar-refractivity contribution in [3.8, 4) is 0 Å². The predicted molar refractivity (Wildman–Crippen MR) is 123 cm³/mol. The highest BCUT2D eigenvalue weighted by Crippen LogP contribution is 2.25. The largest absolute Gasteiger partial charge is 0.372 e. The third-order valence-electron chi connectivity index (χ3n) is 5.00. The van der Waals surface area contributed by atoms with E-state index in [2.05, 4.69) is 41.5 Å². The highest BCUT2D eigenvalue weighted by Gasteiger charge is 2.28. The van der Waals surface area contributed by atoms with Gasteiger partial charge in [0, 0.05) is 31.6 Å². The Hall–Kier alpha value is -1.18. The van der Waals surface area contributed by atoms with E-state index >= 15 is 0 Å². The van der Waals surface area contributed by atoms with E-state index < -0.39 is 0 Å². The molecule has 2 aromatic rings. The van der Waals surface area contributed by atoms with Crippen LogP contribution < -0.4 is 5.32 Å². The van der Waals surface area contributed by atoms with Crippen molar-refractivity contribution >= 4 is 42.1 Å². The first kappa shape index (κ1) is 25.9. The first-order chi connectivity index (χ1) is 13.1. The molecular weight excluding hydrogens is 429 g/mol. The zero-order chi connectivity index (χ0) is 19.2. The third kappa shape index (κ3) is 6.66. The van der Waals surface area contributed by atoms with Gasteiger partial charge in [-0.3, -0.25) is 4.79 Å². The normalized spacial score (nSPS) is 17.2. The van der Waals surface area contributed by atoms with Crippen LogP contribution in [0, 0.1) is 0 Å². The number of carbonyl (C=O) groups excluding carboxylic acids is 1. The number of carbonyl (C=O) groups is 1. The van der Waals surface area contributed by atoms with Crippen LogP contribution in [0.1, 0.15) is 54.7 Å². The van der Waals surface area contributed by atoms with Gasteiger partial charge in [0.05, 0.1) is 18.2 Å². The lowest BCUT2D eigenvalue weighted by molar-refractivity contribution is -0.133. The number of nitrogens with zero attached hydrogens (tertiary/aromatic N) is 2. The minimum atomic E-state index is -0.0205. The van der Waals surface area contributed by atoms with Gasteiger partial charge < -0.3 is 15.0 Å². The van der Waals surface area contributed by atoms with Crippen LogP contribution in [0.5, 0.6) is 0 Å². The molecule has 1 aliphatic heterocycles. The Morgan fingerprint density at radius 3 is 2.69 bits per heavy atom. The van der Waals surface area contributed by atoms with E-state index in [1.165, 1.54) is 11.1 Å². The molecule has 8 heteroatoms. The number of hydrogen-bond acceptors (Lipinski definition) is 5. The smallest absolute Gasteiger partial charge is 0.229 e. The summed E-state index contributed by atoms with van der Waals surface area (Å²) in [7, 11) is 0. The Morgan fingerprint density at radius 1 is 1.31 bits per heavy atom. The number of nitrogens with one attached hydrogen (secondary N) is 1. The number of rotatable bonds is 7. The van der Waals surface area contributed by atoms with Crippen LogP contribution in [-0.2, 0) is 22.4 Å². The van der Waals surface area contributed by atoms with Gasteiger partial charge in [-0.15, -0.1) is 36.2 Å². The highest BCUT2D eigenvalue weighted by molar-refractivity contribution is 7.09. The summed E-state index contributed by atoms with van der Waals surface area (Å²) in [5.74, 6) is 0.141. The van der Waals surface area contributed by atoms with Crippen molar-refractivity contribution in [1.82, 2.24) is 15.2 Å². The summed E-state index contributed by atoms with van der Waals surface area (Å²) >= 11 is 1.57. The number of ether oxygens (including phenoxy) is 1. The third-order valence-corrected chi connectivity index (χ3v) is 6.06. The van der Waals surface area contributed by atoms with Crippen LogP contribution >= 0.6 is 36.2 Å². The van der Waals surface area contributed by atoms with Crippen molar-refractivity contribution in [2.24, 2.45) is 0 Å². The van der Waals surface area contributed by atoms with E-state index in [0.29, 0.717) is 13.0 Å². The van der Waals surface area contributed by atoms with Crippen molar-refractivity contribution in [3.63, 3.8) is 0 Å². The molecule has 1 amide bonds. The van der Waals surface area contributed by atoms with Crippen LogP contribution in [0.4, 0.5) is 0 Å². The zero-order valence-electron chi connectivity index (χ0n) is 17.2. The molecule has 1 fully saturated rings. The summed E-state index contributed by atoms with van der Waals surface area (Å²) < 4.78 is 5.60. The van der Waals surface area contributed by atoms with Crippen molar-refractivity contribution in [2.45, 2.75) is 45.8 Å². The molecule has 2 unspecified atom stereocenters. The second kappa shape index (κ2) is 12.5. The maximum Gasteiger partial charge on any atom is 0.229 e. The Bertz CT molecular complexity index is 755. The molecule has 1 aliphatic rings. The van der Waals surface area contributed by atoms with E-state index in [1.54, 1.807) is 11.3 Å². The second-order valence-electron chi connectivity index (χ2n) is 6.85. The predicted octanol–water partition coefficient (Wildman–Crippen LogP) is 4.36. The molecule has 162 valence electrons. The van der Waals surface area contributed by atoms with Crippen molar-refractivity contribution < 1.29 is 9.53 Å². The Labute approximate surface area is 190 Å². The van der Waals surface area contributed by atoms with Gasteiger partial charge in [-0.05, 0) is 31.4 Å². The number of aryl methyl sites for hydroxylation is 1. The number of thiazole rings is 1. The molecule has 2 heterocycles. The molecule has 0 spiro atoms. The van der Waals surface area contributed by atoms with Gasteiger partial charge >= 0.3 is 0 Å². The molecular formula is C21H31Cl2N3O2S. The minimum absolute atomic E-state index is 0. The van der Waals surface area contributed by atoms with Gasteiger partial charge in [-0.25, -0.2) is 4.98 Å². The molecule has 3 rings (SSSR count). The fraction of sp³-hybridized carbons (Fsp3) is 0.524. The average Bonchev–Trinajstić information content (AvgIpc) is 3.17. The maximum absolute atomic E-state index is 13.0. The summed E-state index contributed by atoms with van der Waals surface area (Å²) in [6, 6.07) is 8.71. The monoisotopic (exact) mass is 459 g/mol. The fourth-order valence-electron chi connectivity index (χ4n) is 3.44. The molecule has 0 bridgehead atoms. The summed E-state index contributed by atoms with van der Waals surface area (Å²) in [5, 5.41) is 6.34. The van der Waals surface area contributed by atoms with E-state index in [9.17, 15) is 4.79 Å². The van der Waals surface area contributed by atoms with Gasteiger partial charge in [0.2, 0.25) is 5.91 Å². The molecule has 5 nitrogen and oxygen atoms in total. The van der Waals surface area contributed by atoms with Crippen molar-refractivity contribution in [3.05, 3.63) is 51.5 Å². The van der Waals surface area contributed by atoms with E-state index in [-0.39, 0.29) is 42.9 Å². The number of amides is 1. The SMILES string of the molecule is CCOC(C)c1nc(CC(=O)N2CCNCC2c2ccc(CC)cc2)cs1.Cl.Cl. The Balaban J connectivity index is 0.00000210. The molecule has 2 atom stereocenters. The second-order valence-corrected chi connectivity index (χ2v) is 7.74. The number of halogens is 2. The zero-order valence-corrected chi connectivity index (χ0v) is 19.7. The standard InChI is InChI=1S/C21H29N3O2S.2ClH/c1-4-16-6-8-17(9-7-16)19-13-22-10-11-24(19)20(25)12-18-14-27-21(23-18)15(3)26-5-2;;/h6-9,14-15,19,22H,4-5,10-13H2,1-3H3;2*1H. The van der Waals surface area contributed by atoms with E-state index in [1.807, 2.05) is 24.1 Å². The lowest BCUT2D eigenvalue weighted by Crippen LogP contribution is -2.49. The lowest BCUT2D eigenvalue weighted by Gasteiger charge is -2.36. The number of hydrogen-bond donors (Lipinski definition) is 1. The van der Waals surface area contributed by atoms with Crippen LogP contribution in [0.3, 0.4) is 0 Å². The van der Waals surface area contributed by atoms with Gasteiger partial charge in [-0.2, -0.15) is 0 Å². The summed E-state index contributed by atoms with van der Waals surface area (Å²) in [5.41, 5.74) is 3.35. The van der Waals surface area contributed by atoms with Gasteiger partial charge in [0.15, 0.2) is 0 Å². The molecule has 1 N–H and O–H groups in total. The Kier molecular flexibility index (Phi) is 11.1. The highest BCUT2D eigenvalue weighted by atomic mass is 35.5. The lowest BCUT2D eigenvalue weighted by atomic mass is 10.0. The molecule has 0 aliphatic carbocycles. The van der Waals surface area contributed by atoms with Gasteiger partial charge in [0.1, 0.15) is 11.1 Å². The first-order valence-electron chi connectivity index (χ1n) is 9.77. The van der Waals surface area contributed by atoms with Gasteiger partial charge in [-0.1, -0.05) is 31.2 Å². The molecule has 0 radical (unpaired) electrons. The van der Waals surface area contributed by atoms with Crippen LogP contribution in [-0.4, -0.2) is 42.0 Å². The maximum atomic E-state index is 13.0. The first-order valence-corrected chi connectivity index (χ1v) is 10.6. The molecule has 29 heavy (non-hydrogen) atoms. The van der Waals surface area contributed by atoms with Crippen LogP contribution in [0.2, 0.25) is 0 Å². The van der Waals surface area contributed by atoms with Crippen molar-refractivity contribution in [2.75, 3.05) is 26.2 Å². The number of aromatic nitrogens is 1. The number of benzene rings is 1. The van der Waals surface area contributed by atoms with Crippen LogP contribution in [0.15, 0.2) is 29.6 Å². The molecule has 1 aromatic carbocycles. The quantitative estimate of drug-likeness (QED) is 0.667.